The van der Waals surface area contributed by atoms with Crippen LogP contribution in [-0.4, -0.2) is 28.6 Å². The molecule has 1 aromatic rings. The van der Waals surface area contributed by atoms with Crippen molar-refractivity contribution in [3.05, 3.63) is 33.8 Å². The summed E-state index contributed by atoms with van der Waals surface area (Å²) in [6.07, 6.45) is 1.71. The van der Waals surface area contributed by atoms with Crippen LogP contribution in [0.2, 0.25) is 5.02 Å². The zero-order chi connectivity index (χ0) is 13.3. The number of aryl methyl sites for hydroxylation is 2. The molecule has 0 radical (unpaired) electrons. The Kier molecular flexibility index (Phi) is 3.93. The van der Waals surface area contributed by atoms with Crippen LogP contribution >= 0.6 is 11.6 Å². The molecule has 4 heteroatoms. The molecular formula is C14H18ClNO2. The van der Waals surface area contributed by atoms with Crippen molar-refractivity contribution < 1.29 is 9.90 Å². The summed E-state index contributed by atoms with van der Waals surface area (Å²) >= 11 is 6.01. The molecule has 0 saturated carbocycles. The van der Waals surface area contributed by atoms with Gasteiger partial charge in [0, 0.05) is 11.6 Å². The Morgan fingerprint density at radius 1 is 1.44 bits per heavy atom. The molecule has 98 valence electrons. The van der Waals surface area contributed by atoms with Crippen molar-refractivity contribution in [1.82, 2.24) is 4.90 Å². The molecule has 1 aliphatic rings. The van der Waals surface area contributed by atoms with Crippen molar-refractivity contribution in [3.8, 4) is 0 Å². The molecule has 1 aliphatic heterocycles. The summed E-state index contributed by atoms with van der Waals surface area (Å²) in [4.78, 5) is 13.2. The molecule has 0 amide bonds. The fourth-order valence-corrected chi connectivity index (χ4v) is 3.02. The minimum Gasteiger partial charge on any atom is -0.480 e. The van der Waals surface area contributed by atoms with Crippen LogP contribution in [-0.2, 0) is 11.3 Å². The summed E-state index contributed by atoms with van der Waals surface area (Å²) in [6, 6.07) is 3.55. The van der Waals surface area contributed by atoms with Crippen LogP contribution in [0.5, 0.6) is 0 Å². The van der Waals surface area contributed by atoms with Gasteiger partial charge in [-0.15, -0.1) is 0 Å². The van der Waals surface area contributed by atoms with Gasteiger partial charge >= 0.3 is 5.97 Å². The summed E-state index contributed by atoms with van der Waals surface area (Å²) < 4.78 is 0. The minimum absolute atomic E-state index is 0.334. The SMILES string of the molecule is Cc1cc(Cl)cc(C)c1CN1CCCC1C(=O)O. The van der Waals surface area contributed by atoms with Gasteiger partial charge in [-0.05, 0) is 62.1 Å². The van der Waals surface area contributed by atoms with Crippen molar-refractivity contribution in [3.63, 3.8) is 0 Å². The van der Waals surface area contributed by atoms with E-state index in [1.54, 1.807) is 0 Å². The lowest BCUT2D eigenvalue weighted by Crippen LogP contribution is -2.35. The normalized spacial score (nSPS) is 20.3. The summed E-state index contributed by atoms with van der Waals surface area (Å²) in [5.74, 6) is -0.711. The standard InChI is InChI=1S/C14H18ClNO2/c1-9-6-11(15)7-10(2)12(9)8-16-5-3-4-13(16)14(17)18/h6-7,13H,3-5,8H2,1-2H3,(H,17,18). The van der Waals surface area contributed by atoms with E-state index in [1.165, 1.54) is 5.56 Å². The largest absolute Gasteiger partial charge is 0.480 e. The fourth-order valence-electron chi connectivity index (χ4n) is 2.69. The molecule has 1 heterocycles. The summed E-state index contributed by atoms with van der Waals surface area (Å²) in [5.41, 5.74) is 3.47. The summed E-state index contributed by atoms with van der Waals surface area (Å²) in [6.45, 7) is 5.62. The number of halogens is 1. The number of rotatable bonds is 3. The molecule has 3 nitrogen and oxygen atoms in total. The van der Waals surface area contributed by atoms with Crippen molar-refractivity contribution in [2.45, 2.75) is 39.3 Å². The fraction of sp³-hybridized carbons (Fsp3) is 0.500. The Bertz CT molecular complexity index is 450. The lowest BCUT2D eigenvalue weighted by Gasteiger charge is -2.23. The van der Waals surface area contributed by atoms with Gasteiger partial charge in [-0.1, -0.05) is 11.6 Å². The first-order chi connectivity index (χ1) is 8.49. The van der Waals surface area contributed by atoms with Crippen LogP contribution in [0, 0.1) is 13.8 Å². The molecule has 1 atom stereocenters. The maximum absolute atomic E-state index is 11.2. The molecule has 18 heavy (non-hydrogen) atoms. The average Bonchev–Trinajstić information content (AvgIpc) is 2.71. The number of aliphatic carboxylic acids is 1. The highest BCUT2D eigenvalue weighted by Gasteiger charge is 2.30. The number of likely N-dealkylation sites (tertiary alicyclic amines) is 1. The molecule has 0 spiro atoms. The first kappa shape index (κ1) is 13.4. The highest BCUT2D eigenvalue weighted by atomic mass is 35.5. The predicted octanol–water partition coefficient (Wildman–Crippen LogP) is 3.01. The third-order valence-corrected chi connectivity index (χ3v) is 3.89. The van der Waals surface area contributed by atoms with Crippen molar-refractivity contribution in [2.75, 3.05) is 6.54 Å². The van der Waals surface area contributed by atoms with Gasteiger partial charge in [0.25, 0.3) is 0 Å². The molecule has 1 saturated heterocycles. The van der Waals surface area contributed by atoms with Gasteiger partial charge in [0.15, 0.2) is 0 Å². The van der Waals surface area contributed by atoms with Crippen LogP contribution in [0.15, 0.2) is 12.1 Å². The van der Waals surface area contributed by atoms with E-state index in [2.05, 4.69) is 0 Å². The first-order valence-electron chi connectivity index (χ1n) is 6.21. The van der Waals surface area contributed by atoms with Gasteiger partial charge in [-0.3, -0.25) is 9.69 Å². The lowest BCUT2D eigenvalue weighted by atomic mass is 10.0. The van der Waals surface area contributed by atoms with Crippen LogP contribution in [0.1, 0.15) is 29.5 Å². The highest BCUT2D eigenvalue weighted by molar-refractivity contribution is 6.30. The number of carboxylic acid groups (broad SMARTS) is 1. The molecule has 2 rings (SSSR count). The Hall–Kier alpha value is -1.06. The van der Waals surface area contributed by atoms with E-state index in [4.69, 9.17) is 11.6 Å². The van der Waals surface area contributed by atoms with Gasteiger partial charge in [0.2, 0.25) is 0 Å². The van der Waals surface area contributed by atoms with E-state index < -0.39 is 5.97 Å². The second kappa shape index (κ2) is 5.29. The van der Waals surface area contributed by atoms with Crippen LogP contribution < -0.4 is 0 Å². The number of hydrogen-bond donors (Lipinski definition) is 1. The molecule has 1 unspecified atom stereocenters. The quantitative estimate of drug-likeness (QED) is 0.915. The van der Waals surface area contributed by atoms with E-state index in [-0.39, 0.29) is 6.04 Å². The molecule has 1 aromatic carbocycles. The van der Waals surface area contributed by atoms with Gasteiger partial charge in [-0.2, -0.15) is 0 Å². The number of carbonyl (C=O) groups is 1. The smallest absolute Gasteiger partial charge is 0.320 e. The molecule has 0 aromatic heterocycles. The molecule has 0 aliphatic carbocycles. The molecule has 1 fully saturated rings. The number of carboxylic acids is 1. The van der Waals surface area contributed by atoms with Crippen LogP contribution in [0.25, 0.3) is 0 Å². The summed E-state index contributed by atoms with van der Waals surface area (Å²) in [5, 5.41) is 9.92. The predicted molar refractivity (Wildman–Crippen MR) is 72.0 cm³/mol. The van der Waals surface area contributed by atoms with Gasteiger partial charge < -0.3 is 5.11 Å². The van der Waals surface area contributed by atoms with Gasteiger partial charge in [0.1, 0.15) is 6.04 Å². The van der Waals surface area contributed by atoms with Crippen LogP contribution in [0.3, 0.4) is 0 Å². The van der Waals surface area contributed by atoms with E-state index in [0.717, 1.165) is 35.5 Å². The number of benzene rings is 1. The third-order valence-electron chi connectivity index (χ3n) is 3.67. The Balaban J connectivity index is 2.21. The van der Waals surface area contributed by atoms with E-state index in [0.29, 0.717) is 6.54 Å². The lowest BCUT2D eigenvalue weighted by molar-refractivity contribution is -0.142. The second-order valence-electron chi connectivity index (χ2n) is 4.98. The van der Waals surface area contributed by atoms with Gasteiger partial charge in [0.05, 0.1) is 0 Å². The average molecular weight is 268 g/mol. The number of nitrogens with zero attached hydrogens (tertiary/aromatic N) is 1. The molecular weight excluding hydrogens is 250 g/mol. The monoisotopic (exact) mass is 267 g/mol. The molecule has 1 N–H and O–H groups in total. The van der Waals surface area contributed by atoms with Crippen LogP contribution in [0.4, 0.5) is 0 Å². The Labute approximate surface area is 112 Å². The third kappa shape index (κ3) is 2.68. The Morgan fingerprint density at radius 3 is 2.61 bits per heavy atom. The van der Waals surface area contributed by atoms with Crippen molar-refractivity contribution >= 4 is 17.6 Å². The maximum Gasteiger partial charge on any atom is 0.320 e. The second-order valence-corrected chi connectivity index (χ2v) is 5.42. The topological polar surface area (TPSA) is 40.5 Å². The molecule has 0 bridgehead atoms. The Morgan fingerprint density at radius 2 is 2.06 bits per heavy atom. The van der Waals surface area contributed by atoms with Crippen molar-refractivity contribution in [2.24, 2.45) is 0 Å². The zero-order valence-corrected chi connectivity index (χ0v) is 11.5. The summed E-state index contributed by atoms with van der Waals surface area (Å²) in [7, 11) is 0. The van der Waals surface area contributed by atoms with Gasteiger partial charge in [-0.25, -0.2) is 0 Å². The van der Waals surface area contributed by atoms with E-state index in [9.17, 15) is 9.90 Å². The maximum atomic E-state index is 11.2. The highest BCUT2D eigenvalue weighted by Crippen LogP contribution is 2.25. The number of hydrogen-bond acceptors (Lipinski definition) is 2. The zero-order valence-electron chi connectivity index (χ0n) is 10.7. The van der Waals surface area contributed by atoms with E-state index in [1.807, 2.05) is 30.9 Å². The van der Waals surface area contributed by atoms with Crippen molar-refractivity contribution in [1.29, 1.82) is 0 Å². The first-order valence-corrected chi connectivity index (χ1v) is 6.59. The minimum atomic E-state index is -0.711. The van der Waals surface area contributed by atoms with E-state index >= 15 is 0 Å².